The van der Waals surface area contributed by atoms with Gasteiger partial charge in [-0.2, -0.15) is 5.26 Å². The first-order chi connectivity index (χ1) is 7.69. The van der Waals surface area contributed by atoms with Crippen LogP contribution < -0.4 is 5.32 Å². The smallest absolute Gasteiger partial charge is 0.123 e. The van der Waals surface area contributed by atoms with Crippen LogP contribution in [0.2, 0.25) is 0 Å². The molecule has 4 nitrogen and oxygen atoms in total. The third-order valence-electron chi connectivity index (χ3n) is 2.46. The molecule has 0 bridgehead atoms. The molecule has 88 valence electrons. The average Bonchev–Trinajstić information content (AvgIpc) is 2.68. The van der Waals surface area contributed by atoms with Crippen LogP contribution in [0.3, 0.4) is 0 Å². The van der Waals surface area contributed by atoms with Crippen molar-refractivity contribution in [3.8, 4) is 6.07 Å². The van der Waals surface area contributed by atoms with Gasteiger partial charge in [-0.3, -0.25) is 0 Å². The predicted octanol–water partition coefficient (Wildman–Crippen LogP) is 2.10. The Morgan fingerprint density at radius 1 is 1.56 bits per heavy atom. The lowest BCUT2D eigenvalue weighted by molar-refractivity contribution is 0.509. The first-order valence-corrected chi connectivity index (χ1v) is 5.81. The summed E-state index contributed by atoms with van der Waals surface area (Å²) < 4.78 is 1.95. The second-order valence-electron chi connectivity index (χ2n) is 4.33. The van der Waals surface area contributed by atoms with Gasteiger partial charge in [0.15, 0.2) is 0 Å². The number of hydrogen-bond acceptors (Lipinski definition) is 3. The van der Waals surface area contributed by atoms with E-state index in [0.29, 0.717) is 5.92 Å². The van der Waals surface area contributed by atoms with Gasteiger partial charge in [-0.15, -0.1) is 0 Å². The molecule has 0 amide bonds. The van der Waals surface area contributed by atoms with Gasteiger partial charge in [0.1, 0.15) is 11.9 Å². The van der Waals surface area contributed by atoms with E-state index in [2.05, 4.69) is 30.2 Å². The van der Waals surface area contributed by atoms with Crippen LogP contribution in [0.15, 0.2) is 12.4 Å². The van der Waals surface area contributed by atoms with E-state index in [1.54, 1.807) is 6.20 Å². The first-order valence-electron chi connectivity index (χ1n) is 5.81. The minimum Gasteiger partial charge on any atom is -0.317 e. The molecule has 0 radical (unpaired) electrons. The summed E-state index contributed by atoms with van der Waals surface area (Å²) in [4.78, 5) is 4.28. The Labute approximate surface area is 97.3 Å². The molecular formula is C12H20N4. The molecule has 4 heteroatoms. The summed E-state index contributed by atoms with van der Waals surface area (Å²) in [5, 5.41) is 12.4. The standard InChI is InChI=1S/C12H20N4/c1-4-11(7-13)16-6-5-15-12(16)9-14-8-10(2)3/h5-6,10-11,14H,4,8-9H2,1-3H3. The summed E-state index contributed by atoms with van der Waals surface area (Å²) in [6.45, 7) is 8.05. The lowest BCUT2D eigenvalue weighted by Crippen LogP contribution is -2.22. The predicted molar refractivity (Wildman–Crippen MR) is 63.7 cm³/mol. The fraction of sp³-hybridized carbons (Fsp3) is 0.667. The molecular weight excluding hydrogens is 200 g/mol. The Morgan fingerprint density at radius 3 is 2.88 bits per heavy atom. The molecule has 0 aliphatic carbocycles. The van der Waals surface area contributed by atoms with Crippen molar-refractivity contribution >= 4 is 0 Å². The summed E-state index contributed by atoms with van der Waals surface area (Å²) in [6.07, 6.45) is 4.44. The van der Waals surface area contributed by atoms with Crippen molar-refractivity contribution in [3.63, 3.8) is 0 Å². The van der Waals surface area contributed by atoms with Gasteiger partial charge in [0.25, 0.3) is 0 Å². The molecule has 0 saturated heterocycles. The van der Waals surface area contributed by atoms with E-state index in [4.69, 9.17) is 5.26 Å². The Bertz CT molecular complexity index is 348. The molecule has 0 aliphatic heterocycles. The largest absolute Gasteiger partial charge is 0.317 e. The normalized spacial score (nSPS) is 12.7. The van der Waals surface area contributed by atoms with Crippen molar-refractivity contribution in [1.82, 2.24) is 14.9 Å². The molecule has 0 aliphatic rings. The third kappa shape index (κ3) is 3.35. The van der Waals surface area contributed by atoms with Crippen molar-refractivity contribution in [2.45, 2.75) is 39.8 Å². The van der Waals surface area contributed by atoms with Crippen molar-refractivity contribution in [3.05, 3.63) is 18.2 Å². The van der Waals surface area contributed by atoms with Crippen LogP contribution in [-0.4, -0.2) is 16.1 Å². The van der Waals surface area contributed by atoms with Crippen LogP contribution in [0, 0.1) is 17.2 Å². The van der Waals surface area contributed by atoms with Gasteiger partial charge < -0.3 is 9.88 Å². The highest BCUT2D eigenvalue weighted by Crippen LogP contribution is 2.12. The maximum absolute atomic E-state index is 9.02. The van der Waals surface area contributed by atoms with Gasteiger partial charge in [0.05, 0.1) is 12.6 Å². The molecule has 1 N–H and O–H groups in total. The van der Waals surface area contributed by atoms with E-state index in [-0.39, 0.29) is 6.04 Å². The number of nitrogens with zero attached hydrogens (tertiary/aromatic N) is 3. The minimum atomic E-state index is -0.0988. The van der Waals surface area contributed by atoms with Crippen LogP contribution in [0.25, 0.3) is 0 Å². The maximum atomic E-state index is 9.02. The summed E-state index contributed by atoms with van der Waals surface area (Å²) >= 11 is 0. The van der Waals surface area contributed by atoms with Crippen molar-refractivity contribution < 1.29 is 0 Å². The number of nitriles is 1. The SMILES string of the molecule is CCC(C#N)n1ccnc1CNCC(C)C. The summed E-state index contributed by atoms with van der Waals surface area (Å²) in [5.41, 5.74) is 0. The summed E-state index contributed by atoms with van der Waals surface area (Å²) in [5.74, 6) is 1.57. The van der Waals surface area contributed by atoms with Gasteiger partial charge in [-0.1, -0.05) is 20.8 Å². The highest BCUT2D eigenvalue weighted by atomic mass is 15.1. The van der Waals surface area contributed by atoms with Crippen molar-refractivity contribution in [2.24, 2.45) is 5.92 Å². The molecule has 0 aromatic carbocycles. The highest BCUT2D eigenvalue weighted by molar-refractivity contribution is 5.01. The van der Waals surface area contributed by atoms with Crippen LogP contribution in [0.5, 0.6) is 0 Å². The highest BCUT2D eigenvalue weighted by Gasteiger charge is 2.11. The Hall–Kier alpha value is -1.34. The first kappa shape index (κ1) is 12.7. The lowest BCUT2D eigenvalue weighted by Gasteiger charge is -2.13. The van der Waals surface area contributed by atoms with Crippen LogP contribution >= 0.6 is 0 Å². The number of imidazole rings is 1. The Balaban J connectivity index is 2.60. The molecule has 1 rings (SSSR count). The van der Waals surface area contributed by atoms with Gasteiger partial charge >= 0.3 is 0 Å². The van der Waals surface area contributed by atoms with Gasteiger partial charge in [-0.05, 0) is 18.9 Å². The molecule has 0 saturated carbocycles. The molecule has 1 unspecified atom stereocenters. The van der Waals surface area contributed by atoms with Gasteiger partial charge in [-0.25, -0.2) is 4.98 Å². The third-order valence-corrected chi connectivity index (χ3v) is 2.46. The Morgan fingerprint density at radius 2 is 2.31 bits per heavy atom. The fourth-order valence-electron chi connectivity index (χ4n) is 1.59. The molecule has 0 fully saturated rings. The van der Waals surface area contributed by atoms with Crippen LogP contribution in [-0.2, 0) is 6.54 Å². The van der Waals surface area contributed by atoms with Gasteiger partial charge in [0, 0.05) is 12.4 Å². The monoisotopic (exact) mass is 220 g/mol. The molecule has 0 spiro atoms. The van der Waals surface area contributed by atoms with E-state index >= 15 is 0 Å². The lowest BCUT2D eigenvalue weighted by atomic mass is 10.2. The number of nitrogens with one attached hydrogen (secondary N) is 1. The average molecular weight is 220 g/mol. The van der Waals surface area contributed by atoms with E-state index in [1.807, 2.05) is 17.7 Å². The van der Waals surface area contributed by atoms with Crippen molar-refractivity contribution in [1.29, 1.82) is 5.26 Å². The molecule has 1 aromatic heterocycles. The molecule has 1 heterocycles. The zero-order chi connectivity index (χ0) is 12.0. The molecule has 1 aromatic rings. The summed E-state index contributed by atoms with van der Waals surface area (Å²) in [6, 6.07) is 2.19. The second kappa shape index (κ2) is 6.29. The Kier molecular flexibility index (Phi) is 5.00. The number of rotatable bonds is 6. The van der Waals surface area contributed by atoms with E-state index in [9.17, 15) is 0 Å². The van der Waals surface area contributed by atoms with Crippen LogP contribution in [0.1, 0.15) is 39.1 Å². The number of hydrogen-bond donors (Lipinski definition) is 1. The molecule has 1 atom stereocenters. The zero-order valence-corrected chi connectivity index (χ0v) is 10.3. The topological polar surface area (TPSA) is 53.6 Å². The maximum Gasteiger partial charge on any atom is 0.123 e. The molecule has 16 heavy (non-hydrogen) atoms. The zero-order valence-electron chi connectivity index (χ0n) is 10.3. The van der Waals surface area contributed by atoms with Gasteiger partial charge in [0.2, 0.25) is 0 Å². The number of aromatic nitrogens is 2. The fourth-order valence-corrected chi connectivity index (χ4v) is 1.59. The van der Waals surface area contributed by atoms with E-state index in [0.717, 1.165) is 25.3 Å². The van der Waals surface area contributed by atoms with Crippen molar-refractivity contribution in [2.75, 3.05) is 6.54 Å². The van der Waals surface area contributed by atoms with E-state index < -0.39 is 0 Å². The minimum absolute atomic E-state index is 0.0988. The quantitative estimate of drug-likeness (QED) is 0.798. The summed E-state index contributed by atoms with van der Waals surface area (Å²) in [7, 11) is 0. The van der Waals surface area contributed by atoms with Crippen LogP contribution in [0.4, 0.5) is 0 Å². The second-order valence-corrected chi connectivity index (χ2v) is 4.33. The van der Waals surface area contributed by atoms with E-state index in [1.165, 1.54) is 0 Å².